The first-order valence-corrected chi connectivity index (χ1v) is 8.10. The van der Waals surface area contributed by atoms with E-state index in [-0.39, 0.29) is 5.82 Å². The van der Waals surface area contributed by atoms with Gasteiger partial charge in [0.05, 0.1) is 12.7 Å². The van der Waals surface area contributed by atoms with Crippen molar-refractivity contribution in [3.63, 3.8) is 0 Å². The van der Waals surface area contributed by atoms with Crippen LogP contribution in [0.5, 0.6) is 0 Å². The molecule has 0 saturated heterocycles. The van der Waals surface area contributed by atoms with E-state index in [1.165, 1.54) is 27.3 Å². The molecule has 2 aromatic heterocycles. The molecule has 0 spiro atoms. The predicted octanol–water partition coefficient (Wildman–Crippen LogP) is 1.67. The maximum absolute atomic E-state index is 13.3. The molecule has 0 aliphatic rings. The van der Waals surface area contributed by atoms with Crippen LogP contribution in [0.25, 0.3) is 5.69 Å². The molecule has 0 amide bonds. The van der Waals surface area contributed by atoms with Crippen molar-refractivity contribution >= 4 is 23.6 Å². The van der Waals surface area contributed by atoms with Gasteiger partial charge in [0.1, 0.15) is 12.4 Å². The summed E-state index contributed by atoms with van der Waals surface area (Å²) in [6.45, 7) is 1.49. The molecule has 0 bridgehead atoms. The molecule has 0 aliphatic carbocycles. The monoisotopic (exact) mass is 336 g/mol. The van der Waals surface area contributed by atoms with Crippen LogP contribution in [0.3, 0.4) is 0 Å². The van der Waals surface area contributed by atoms with Gasteiger partial charge >= 0.3 is 0 Å². The molecule has 0 aliphatic heterocycles. The van der Waals surface area contributed by atoms with E-state index in [4.69, 9.17) is 12.2 Å². The number of nitrogens with one attached hydrogen (secondary N) is 1. The third-order valence-electron chi connectivity index (χ3n) is 3.20. The molecule has 2 heterocycles. The number of aromatic nitrogens is 4. The van der Waals surface area contributed by atoms with Crippen LogP contribution in [0.15, 0.2) is 41.1 Å². The molecule has 3 rings (SSSR count). The molecule has 0 radical (unpaired) electrons. The minimum absolute atomic E-state index is 0.325. The lowest BCUT2D eigenvalue weighted by molar-refractivity contribution is -0.917. The van der Waals surface area contributed by atoms with E-state index < -0.39 is 0 Å². The van der Waals surface area contributed by atoms with Crippen LogP contribution < -0.4 is 4.90 Å². The lowest BCUT2D eigenvalue weighted by atomic mass is 10.3. The Kier molecular flexibility index (Phi) is 4.41. The van der Waals surface area contributed by atoms with Crippen LogP contribution in [0, 0.1) is 10.6 Å². The highest BCUT2D eigenvalue weighted by Crippen LogP contribution is 2.08. The average molecular weight is 336 g/mol. The molecule has 0 saturated carbocycles. The van der Waals surface area contributed by atoms with Crippen molar-refractivity contribution < 1.29 is 9.29 Å². The molecule has 5 nitrogen and oxygen atoms in total. The van der Waals surface area contributed by atoms with Gasteiger partial charge in [0.2, 0.25) is 4.77 Å². The van der Waals surface area contributed by atoms with E-state index in [2.05, 4.69) is 34.3 Å². The number of thiophene rings is 1. The normalized spacial score (nSPS) is 12.5. The van der Waals surface area contributed by atoms with Gasteiger partial charge < -0.3 is 4.90 Å². The number of nitrogens with zero attached hydrogens (tertiary/aromatic N) is 4. The zero-order valence-corrected chi connectivity index (χ0v) is 13.6. The van der Waals surface area contributed by atoms with E-state index >= 15 is 0 Å². The van der Waals surface area contributed by atoms with Crippen LogP contribution in [0.1, 0.15) is 5.56 Å². The Balaban J connectivity index is 1.77. The van der Waals surface area contributed by atoms with Gasteiger partial charge in [-0.25, -0.2) is 4.39 Å². The summed E-state index contributed by atoms with van der Waals surface area (Å²) in [5, 5.41) is 12.3. The SMILES string of the molecule is C[NH+](Cc1ccsc1)Cn1nnn(-c2cccc(F)c2)c1=S. The van der Waals surface area contributed by atoms with Gasteiger partial charge in [0.15, 0.2) is 6.67 Å². The number of halogens is 1. The fourth-order valence-corrected chi connectivity index (χ4v) is 3.11. The van der Waals surface area contributed by atoms with Gasteiger partial charge in [-0.2, -0.15) is 20.7 Å². The Morgan fingerprint density at radius 3 is 2.91 bits per heavy atom. The van der Waals surface area contributed by atoms with Crippen molar-refractivity contribution in [2.24, 2.45) is 0 Å². The van der Waals surface area contributed by atoms with E-state index in [0.29, 0.717) is 17.1 Å². The minimum Gasteiger partial charge on any atom is -0.315 e. The summed E-state index contributed by atoms with van der Waals surface area (Å²) in [5.41, 5.74) is 1.86. The van der Waals surface area contributed by atoms with Crippen molar-refractivity contribution in [1.29, 1.82) is 0 Å². The second-order valence-corrected chi connectivity index (χ2v) is 6.22. The van der Waals surface area contributed by atoms with Gasteiger partial charge in [-0.05, 0) is 57.7 Å². The maximum Gasteiger partial charge on any atom is 0.225 e. The standard InChI is InChI=1S/C14H14FN5S2/c1-18(8-11-5-6-22-9-11)10-19-14(21)20(17-16-19)13-4-2-3-12(15)7-13/h2-7,9H,8,10H2,1H3/p+1. The number of tetrazole rings is 1. The van der Waals surface area contributed by atoms with Crippen molar-refractivity contribution in [2.75, 3.05) is 7.05 Å². The molecular formula is C14H15FN5S2+. The Hall–Kier alpha value is -1.90. The molecule has 0 fully saturated rings. The molecule has 3 aromatic rings. The summed E-state index contributed by atoms with van der Waals surface area (Å²) in [6, 6.07) is 8.25. The number of rotatable bonds is 5. The third kappa shape index (κ3) is 3.29. The Morgan fingerprint density at radius 2 is 2.18 bits per heavy atom. The van der Waals surface area contributed by atoms with Crippen LogP contribution in [-0.2, 0) is 13.2 Å². The predicted molar refractivity (Wildman–Crippen MR) is 85.1 cm³/mol. The summed E-state index contributed by atoms with van der Waals surface area (Å²) in [4.78, 5) is 1.24. The number of quaternary nitrogens is 1. The Morgan fingerprint density at radius 1 is 1.32 bits per heavy atom. The van der Waals surface area contributed by atoms with E-state index in [9.17, 15) is 4.39 Å². The highest BCUT2D eigenvalue weighted by Gasteiger charge is 2.11. The molecule has 1 unspecified atom stereocenters. The second-order valence-electron chi connectivity index (χ2n) is 5.08. The molecule has 114 valence electrons. The van der Waals surface area contributed by atoms with Gasteiger partial charge in [0, 0.05) is 5.56 Å². The summed E-state index contributed by atoms with van der Waals surface area (Å²) >= 11 is 7.07. The summed E-state index contributed by atoms with van der Waals surface area (Å²) in [7, 11) is 2.07. The molecule has 1 N–H and O–H groups in total. The van der Waals surface area contributed by atoms with Gasteiger partial charge in [-0.3, -0.25) is 0 Å². The summed E-state index contributed by atoms with van der Waals surface area (Å²) in [6.07, 6.45) is 0. The fourth-order valence-electron chi connectivity index (χ4n) is 2.20. The fraction of sp³-hybridized carbons (Fsp3) is 0.214. The number of hydrogen-bond donors (Lipinski definition) is 1. The molecule has 1 aromatic carbocycles. The zero-order valence-electron chi connectivity index (χ0n) is 11.9. The third-order valence-corrected chi connectivity index (χ3v) is 4.31. The van der Waals surface area contributed by atoms with E-state index in [0.717, 1.165) is 6.54 Å². The molecular weight excluding hydrogens is 321 g/mol. The summed E-state index contributed by atoms with van der Waals surface area (Å²) < 4.78 is 16.9. The largest absolute Gasteiger partial charge is 0.315 e. The smallest absolute Gasteiger partial charge is 0.225 e. The Labute approximate surface area is 136 Å². The zero-order chi connectivity index (χ0) is 15.5. The maximum atomic E-state index is 13.3. The van der Waals surface area contributed by atoms with Crippen molar-refractivity contribution in [3.05, 3.63) is 57.2 Å². The number of hydrogen-bond acceptors (Lipinski definition) is 4. The molecule has 22 heavy (non-hydrogen) atoms. The van der Waals surface area contributed by atoms with Crippen LogP contribution >= 0.6 is 23.6 Å². The van der Waals surface area contributed by atoms with Crippen molar-refractivity contribution in [2.45, 2.75) is 13.2 Å². The lowest BCUT2D eigenvalue weighted by Crippen LogP contribution is -3.06. The minimum atomic E-state index is -0.325. The van der Waals surface area contributed by atoms with Crippen molar-refractivity contribution in [3.8, 4) is 5.69 Å². The first kappa shape index (κ1) is 15.0. The topological polar surface area (TPSA) is 40.1 Å². The molecule has 8 heteroatoms. The van der Waals surface area contributed by atoms with Gasteiger partial charge in [-0.15, -0.1) is 0 Å². The van der Waals surface area contributed by atoms with E-state index in [1.54, 1.807) is 28.2 Å². The quantitative estimate of drug-likeness (QED) is 0.721. The highest BCUT2D eigenvalue weighted by molar-refractivity contribution is 7.71. The highest BCUT2D eigenvalue weighted by atomic mass is 32.1. The van der Waals surface area contributed by atoms with Crippen LogP contribution in [0.4, 0.5) is 4.39 Å². The first-order valence-electron chi connectivity index (χ1n) is 6.74. The first-order chi connectivity index (χ1) is 10.6. The number of benzene rings is 1. The van der Waals surface area contributed by atoms with Gasteiger partial charge in [0.25, 0.3) is 0 Å². The molecule has 1 atom stereocenters. The van der Waals surface area contributed by atoms with Crippen LogP contribution in [-0.4, -0.2) is 26.8 Å². The second kappa shape index (κ2) is 6.47. The average Bonchev–Trinajstić information content (AvgIpc) is 3.10. The lowest BCUT2D eigenvalue weighted by Gasteiger charge is -2.12. The van der Waals surface area contributed by atoms with Gasteiger partial charge in [-0.1, -0.05) is 6.07 Å². The van der Waals surface area contributed by atoms with Crippen molar-refractivity contribution in [1.82, 2.24) is 19.8 Å². The van der Waals surface area contributed by atoms with Crippen LogP contribution in [0.2, 0.25) is 0 Å². The summed E-state index contributed by atoms with van der Waals surface area (Å²) in [5.74, 6) is -0.325. The van der Waals surface area contributed by atoms with E-state index in [1.807, 2.05) is 0 Å². The Bertz CT molecular complexity index is 809.